The number of halogens is 1. The van der Waals surface area contributed by atoms with Gasteiger partial charge < -0.3 is 16.0 Å². The van der Waals surface area contributed by atoms with Gasteiger partial charge in [0.25, 0.3) is 0 Å². The molecule has 2 amide bonds. The summed E-state index contributed by atoms with van der Waals surface area (Å²) in [6, 6.07) is 11.4. The van der Waals surface area contributed by atoms with Gasteiger partial charge in [0, 0.05) is 16.8 Å². The van der Waals surface area contributed by atoms with Crippen LogP contribution in [0.1, 0.15) is 35.2 Å². The Morgan fingerprint density at radius 1 is 1.00 bits per heavy atom. The van der Waals surface area contributed by atoms with Crippen molar-refractivity contribution in [3.05, 3.63) is 63.7 Å². The van der Waals surface area contributed by atoms with Crippen molar-refractivity contribution in [1.82, 2.24) is 10.6 Å². The highest BCUT2D eigenvalue weighted by Gasteiger charge is 2.12. The third-order valence-corrected chi connectivity index (χ3v) is 4.67. The second-order valence-corrected chi connectivity index (χ2v) is 7.13. The van der Waals surface area contributed by atoms with Crippen LogP contribution in [0.5, 0.6) is 0 Å². The molecule has 144 valence electrons. The van der Waals surface area contributed by atoms with Gasteiger partial charge in [0.2, 0.25) is 11.8 Å². The van der Waals surface area contributed by atoms with Gasteiger partial charge in [0.05, 0.1) is 13.1 Å². The smallest absolute Gasteiger partial charge is 0.243 e. The van der Waals surface area contributed by atoms with Gasteiger partial charge in [-0.05, 0) is 50.5 Å². The lowest BCUT2D eigenvalue weighted by atomic mass is 10.1. The number of nitrogens with one attached hydrogen (secondary N) is 3. The lowest BCUT2D eigenvalue weighted by Gasteiger charge is -2.16. The van der Waals surface area contributed by atoms with Crippen LogP contribution in [-0.2, 0) is 9.59 Å². The van der Waals surface area contributed by atoms with E-state index in [1.807, 2.05) is 64.1 Å². The first kappa shape index (κ1) is 20.9. The number of rotatable bonds is 7. The molecule has 5 nitrogen and oxygen atoms in total. The summed E-state index contributed by atoms with van der Waals surface area (Å²) in [6.45, 7) is 7.88. The molecule has 0 radical (unpaired) electrons. The molecule has 0 saturated heterocycles. The summed E-state index contributed by atoms with van der Waals surface area (Å²) in [4.78, 5) is 24.2. The van der Waals surface area contributed by atoms with Crippen LogP contribution in [0.25, 0.3) is 0 Å². The van der Waals surface area contributed by atoms with Gasteiger partial charge in [0.15, 0.2) is 0 Å². The first-order chi connectivity index (χ1) is 12.8. The minimum Gasteiger partial charge on any atom is -0.346 e. The highest BCUT2D eigenvalue weighted by atomic mass is 35.5. The summed E-state index contributed by atoms with van der Waals surface area (Å²) >= 11 is 6.16. The SMILES string of the molecule is Cc1cc(C)c(NC(=O)CNC(=O)CN[C@H](C)c2ccccc2Cl)c(C)c1. The molecular weight excluding hydrogens is 362 g/mol. The van der Waals surface area contributed by atoms with Crippen LogP contribution in [0.2, 0.25) is 5.02 Å². The second kappa shape index (κ2) is 9.53. The van der Waals surface area contributed by atoms with Crippen LogP contribution >= 0.6 is 11.6 Å². The van der Waals surface area contributed by atoms with Gasteiger partial charge in [-0.2, -0.15) is 0 Å². The number of aryl methyl sites for hydroxylation is 3. The summed E-state index contributed by atoms with van der Waals surface area (Å²) in [5.41, 5.74) is 4.88. The number of amides is 2. The van der Waals surface area contributed by atoms with Crippen molar-refractivity contribution >= 4 is 29.1 Å². The fourth-order valence-electron chi connectivity index (χ4n) is 2.98. The molecule has 3 N–H and O–H groups in total. The number of carbonyl (C=O) groups excluding carboxylic acids is 2. The molecule has 0 aliphatic rings. The number of carbonyl (C=O) groups is 2. The molecular formula is C21H26ClN3O2. The van der Waals surface area contributed by atoms with Crippen LogP contribution in [0, 0.1) is 20.8 Å². The Kier molecular flexibility index (Phi) is 7.39. The highest BCUT2D eigenvalue weighted by molar-refractivity contribution is 6.31. The molecule has 1 atom stereocenters. The first-order valence-electron chi connectivity index (χ1n) is 8.90. The van der Waals surface area contributed by atoms with Crippen LogP contribution in [0.15, 0.2) is 36.4 Å². The van der Waals surface area contributed by atoms with E-state index >= 15 is 0 Å². The van der Waals surface area contributed by atoms with E-state index in [0.29, 0.717) is 5.02 Å². The molecule has 0 heterocycles. The average molecular weight is 388 g/mol. The van der Waals surface area contributed by atoms with Crippen molar-refractivity contribution in [2.45, 2.75) is 33.7 Å². The number of hydrogen-bond donors (Lipinski definition) is 3. The van der Waals surface area contributed by atoms with Gasteiger partial charge in [-0.1, -0.05) is 47.5 Å². The molecule has 0 aromatic heterocycles. The molecule has 2 aromatic rings. The Balaban J connectivity index is 1.80. The van der Waals surface area contributed by atoms with E-state index in [2.05, 4.69) is 16.0 Å². The summed E-state index contributed by atoms with van der Waals surface area (Å²) in [7, 11) is 0. The van der Waals surface area contributed by atoms with Gasteiger partial charge >= 0.3 is 0 Å². The Labute approximate surface area is 165 Å². The standard InChI is InChI=1S/C21H26ClN3O2/c1-13-9-14(2)21(15(3)10-13)25-20(27)12-24-19(26)11-23-16(4)17-7-5-6-8-18(17)22/h5-10,16,23H,11-12H2,1-4H3,(H,24,26)(H,25,27)/t16-/m1/s1. The molecule has 0 spiro atoms. The zero-order valence-corrected chi connectivity index (χ0v) is 16.9. The minimum absolute atomic E-state index is 0.0730. The molecule has 27 heavy (non-hydrogen) atoms. The van der Waals surface area contributed by atoms with Crippen LogP contribution in [0.4, 0.5) is 5.69 Å². The monoisotopic (exact) mass is 387 g/mol. The van der Waals surface area contributed by atoms with E-state index in [1.54, 1.807) is 0 Å². The van der Waals surface area contributed by atoms with Crippen LogP contribution in [0.3, 0.4) is 0 Å². The maximum atomic E-state index is 12.1. The van der Waals surface area contributed by atoms with Crippen molar-refractivity contribution in [3.63, 3.8) is 0 Å². The largest absolute Gasteiger partial charge is 0.346 e. The maximum absolute atomic E-state index is 12.1. The number of hydrogen-bond acceptors (Lipinski definition) is 3. The third-order valence-electron chi connectivity index (χ3n) is 4.33. The fraction of sp³-hybridized carbons (Fsp3) is 0.333. The van der Waals surface area contributed by atoms with E-state index in [1.165, 1.54) is 0 Å². The van der Waals surface area contributed by atoms with Crippen LogP contribution < -0.4 is 16.0 Å². The molecule has 0 saturated carbocycles. The zero-order valence-electron chi connectivity index (χ0n) is 16.2. The predicted octanol–water partition coefficient (Wildman–Crippen LogP) is 3.67. The molecule has 0 aliphatic carbocycles. The van der Waals surface area contributed by atoms with Gasteiger partial charge in [-0.15, -0.1) is 0 Å². The minimum atomic E-state index is -0.252. The van der Waals surface area contributed by atoms with E-state index in [-0.39, 0.29) is 30.9 Å². The Morgan fingerprint density at radius 3 is 2.26 bits per heavy atom. The maximum Gasteiger partial charge on any atom is 0.243 e. The van der Waals surface area contributed by atoms with Gasteiger partial charge in [-0.25, -0.2) is 0 Å². The molecule has 2 rings (SSSR count). The Bertz CT molecular complexity index is 813. The van der Waals surface area contributed by atoms with Crippen molar-refractivity contribution in [2.75, 3.05) is 18.4 Å². The summed E-state index contributed by atoms with van der Waals surface area (Å²) in [5, 5.41) is 9.26. The lowest BCUT2D eigenvalue weighted by Crippen LogP contribution is -2.39. The summed E-state index contributed by atoms with van der Waals surface area (Å²) in [6.07, 6.45) is 0. The van der Waals surface area contributed by atoms with E-state index in [9.17, 15) is 9.59 Å². The Morgan fingerprint density at radius 2 is 1.63 bits per heavy atom. The molecule has 6 heteroatoms. The van der Waals surface area contributed by atoms with Crippen molar-refractivity contribution < 1.29 is 9.59 Å². The molecule has 0 bridgehead atoms. The molecule has 0 fully saturated rings. The lowest BCUT2D eigenvalue weighted by molar-refractivity contribution is -0.123. The summed E-state index contributed by atoms with van der Waals surface area (Å²) in [5.74, 6) is -0.501. The first-order valence-corrected chi connectivity index (χ1v) is 9.28. The normalized spacial score (nSPS) is 11.7. The van der Waals surface area contributed by atoms with Gasteiger partial charge in [0.1, 0.15) is 0 Å². The van der Waals surface area contributed by atoms with E-state index in [0.717, 1.165) is 27.9 Å². The van der Waals surface area contributed by atoms with E-state index < -0.39 is 0 Å². The fourth-order valence-corrected chi connectivity index (χ4v) is 3.28. The third kappa shape index (κ3) is 6.08. The van der Waals surface area contributed by atoms with Crippen molar-refractivity contribution in [3.8, 4) is 0 Å². The second-order valence-electron chi connectivity index (χ2n) is 6.72. The highest BCUT2D eigenvalue weighted by Crippen LogP contribution is 2.22. The summed E-state index contributed by atoms with van der Waals surface area (Å²) < 4.78 is 0. The molecule has 0 unspecified atom stereocenters. The van der Waals surface area contributed by atoms with Crippen LogP contribution in [-0.4, -0.2) is 24.9 Å². The Hall–Kier alpha value is -2.37. The quantitative estimate of drug-likeness (QED) is 0.678. The average Bonchev–Trinajstić information content (AvgIpc) is 2.61. The number of benzene rings is 2. The molecule has 2 aromatic carbocycles. The van der Waals surface area contributed by atoms with E-state index in [4.69, 9.17) is 11.6 Å². The topological polar surface area (TPSA) is 70.2 Å². The number of anilines is 1. The van der Waals surface area contributed by atoms with Crippen molar-refractivity contribution in [1.29, 1.82) is 0 Å². The molecule has 0 aliphatic heterocycles. The predicted molar refractivity (Wildman–Crippen MR) is 110 cm³/mol. The zero-order chi connectivity index (χ0) is 20.0. The van der Waals surface area contributed by atoms with Crippen molar-refractivity contribution in [2.24, 2.45) is 0 Å². The van der Waals surface area contributed by atoms with Gasteiger partial charge in [-0.3, -0.25) is 9.59 Å².